The Morgan fingerprint density at radius 2 is 2.00 bits per heavy atom. The zero-order valence-corrected chi connectivity index (χ0v) is 12.5. The average molecular weight is 342 g/mol. The molecule has 0 heterocycles. The second-order valence-corrected chi connectivity index (χ2v) is 6.70. The molecule has 1 aromatic rings. The summed E-state index contributed by atoms with van der Waals surface area (Å²) < 4.78 is 2.75. The number of hydrogen-bond donors (Lipinski definition) is 0. The van der Waals surface area contributed by atoms with Gasteiger partial charge < -0.3 is 0 Å². The van der Waals surface area contributed by atoms with E-state index in [1.165, 1.54) is 40.2 Å². The minimum absolute atomic E-state index is 0.443. The van der Waals surface area contributed by atoms with Crippen LogP contribution in [0.25, 0.3) is 0 Å². The van der Waals surface area contributed by atoms with E-state index >= 15 is 0 Å². The van der Waals surface area contributed by atoms with Crippen LogP contribution in [0.5, 0.6) is 0 Å². The summed E-state index contributed by atoms with van der Waals surface area (Å²) in [6.07, 6.45) is 7.56. The number of rotatable bonds is 3. The van der Waals surface area contributed by atoms with Crippen molar-refractivity contribution in [3.8, 4) is 0 Å². The van der Waals surface area contributed by atoms with Crippen LogP contribution in [-0.2, 0) is 0 Å². The molecule has 1 aromatic carbocycles. The fourth-order valence-electron chi connectivity index (χ4n) is 1.75. The van der Waals surface area contributed by atoms with Gasteiger partial charge >= 0.3 is 112 Å². The maximum atomic E-state index is 3.71. The molecule has 2 heteroatoms. The van der Waals surface area contributed by atoms with Gasteiger partial charge in [0.2, 0.25) is 0 Å². The Kier molecular flexibility index (Phi) is 4.90. The van der Waals surface area contributed by atoms with Crippen molar-refractivity contribution in [2.24, 2.45) is 0 Å². The van der Waals surface area contributed by atoms with E-state index < -0.39 is 0 Å². The molecule has 0 fully saturated rings. The van der Waals surface area contributed by atoms with Gasteiger partial charge in [0, 0.05) is 0 Å². The van der Waals surface area contributed by atoms with Gasteiger partial charge in [-0.15, -0.1) is 0 Å². The summed E-state index contributed by atoms with van der Waals surface area (Å²) in [7, 11) is 0. The van der Waals surface area contributed by atoms with Crippen LogP contribution in [-0.4, -0.2) is 15.0 Å². The van der Waals surface area contributed by atoms with Crippen LogP contribution in [0, 0.1) is 0 Å². The quantitative estimate of drug-likeness (QED) is 0.734. The predicted octanol–water partition coefficient (Wildman–Crippen LogP) is 3.75. The van der Waals surface area contributed by atoms with Gasteiger partial charge in [0.15, 0.2) is 0 Å². The van der Waals surface area contributed by atoms with Crippen LogP contribution < -0.4 is 4.46 Å². The molecule has 0 nitrogen and oxygen atoms in total. The molecular formula is C14H15BrSe. The minimum atomic E-state index is 0.443. The van der Waals surface area contributed by atoms with Crippen molar-refractivity contribution in [1.82, 2.24) is 0 Å². The van der Waals surface area contributed by atoms with E-state index in [9.17, 15) is 0 Å². The van der Waals surface area contributed by atoms with E-state index in [4.69, 9.17) is 0 Å². The molecule has 1 aliphatic rings. The number of allylic oxidation sites excluding steroid dienone is 3. The molecule has 0 saturated carbocycles. The summed E-state index contributed by atoms with van der Waals surface area (Å²) in [6, 6.07) is 10.7. The Labute approximate surface area is 112 Å². The van der Waals surface area contributed by atoms with Crippen LogP contribution >= 0.6 is 15.9 Å². The van der Waals surface area contributed by atoms with Crippen molar-refractivity contribution >= 4 is 35.3 Å². The molecular weight excluding hydrogens is 327 g/mol. The van der Waals surface area contributed by atoms with Crippen molar-refractivity contribution < 1.29 is 0 Å². The van der Waals surface area contributed by atoms with E-state index in [-0.39, 0.29) is 0 Å². The maximum absolute atomic E-state index is 3.71. The Morgan fingerprint density at radius 3 is 2.69 bits per heavy atom. The van der Waals surface area contributed by atoms with Gasteiger partial charge in [-0.05, 0) is 0 Å². The van der Waals surface area contributed by atoms with Crippen LogP contribution in [0.3, 0.4) is 0 Å². The summed E-state index contributed by atoms with van der Waals surface area (Å²) in [5.41, 5.74) is 1.50. The monoisotopic (exact) mass is 342 g/mol. The van der Waals surface area contributed by atoms with Gasteiger partial charge in [0.05, 0.1) is 0 Å². The molecule has 1 aliphatic carbocycles. The molecule has 0 radical (unpaired) electrons. The fourth-order valence-corrected chi connectivity index (χ4v) is 4.07. The third-order valence-electron chi connectivity index (χ3n) is 2.64. The van der Waals surface area contributed by atoms with Crippen LogP contribution in [0.2, 0.25) is 0 Å². The van der Waals surface area contributed by atoms with Gasteiger partial charge in [0.25, 0.3) is 0 Å². The van der Waals surface area contributed by atoms with Gasteiger partial charge in [-0.3, -0.25) is 0 Å². The third-order valence-corrected chi connectivity index (χ3v) is 5.94. The zero-order chi connectivity index (χ0) is 11.2. The molecule has 0 atom stereocenters. The Bertz CT molecular complexity index is 392. The van der Waals surface area contributed by atoms with Crippen LogP contribution in [0.4, 0.5) is 0 Å². The van der Waals surface area contributed by atoms with Crippen molar-refractivity contribution in [2.45, 2.75) is 25.7 Å². The molecule has 0 saturated heterocycles. The topological polar surface area (TPSA) is 0 Å². The second-order valence-electron chi connectivity index (χ2n) is 3.87. The summed E-state index contributed by atoms with van der Waals surface area (Å²) >= 11 is 4.15. The Balaban J connectivity index is 1.99. The van der Waals surface area contributed by atoms with Crippen molar-refractivity contribution in [3.63, 3.8) is 0 Å². The Hall–Kier alpha value is -0.301. The first-order valence-electron chi connectivity index (χ1n) is 5.63. The van der Waals surface area contributed by atoms with E-state index in [0.29, 0.717) is 15.0 Å². The molecule has 0 amide bonds. The van der Waals surface area contributed by atoms with Gasteiger partial charge in [-0.2, -0.15) is 0 Å². The van der Waals surface area contributed by atoms with Crippen LogP contribution in [0.1, 0.15) is 25.7 Å². The summed E-state index contributed by atoms with van der Waals surface area (Å²) in [6.45, 7) is 0. The van der Waals surface area contributed by atoms with Gasteiger partial charge in [0.1, 0.15) is 0 Å². The molecule has 0 spiro atoms. The standard InChI is InChI=1S/C14H15BrSe/c15-14(12-7-3-1-4-8-12)11-16-13-9-5-2-6-10-13/h2,5-7,9-11H,1,3-4,8H2/b14-11+. The van der Waals surface area contributed by atoms with Crippen LogP contribution in [0.15, 0.2) is 51.4 Å². The van der Waals surface area contributed by atoms with E-state index in [1.54, 1.807) is 0 Å². The molecule has 84 valence electrons. The second kappa shape index (κ2) is 6.44. The van der Waals surface area contributed by atoms with E-state index in [2.05, 4.69) is 57.3 Å². The van der Waals surface area contributed by atoms with Crippen molar-refractivity contribution in [1.29, 1.82) is 0 Å². The molecule has 0 bridgehead atoms. The zero-order valence-electron chi connectivity index (χ0n) is 9.16. The molecule has 0 aromatic heterocycles. The first kappa shape index (κ1) is 12.2. The normalized spacial score (nSPS) is 17.1. The van der Waals surface area contributed by atoms with Crippen molar-refractivity contribution in [2.75, 3.05) is 0 Å². The summed E-state index contributed by atoms with van der Waals surface area (Å²) in [5.74, 6) is 0. The molecule has 0 unspecified atom stereocenters. The molecule has 0 aliphatic heterocycles. The van der Waals surface area contributed by atoms with Crippen molar-refractivity contribution in [3.05, 3.63) is 51.4 Å². The predicted molar refractivity (Wildman–Crippen MR) is 75.4 cm³/mol. The number of hydrogen-bond acceptors (Lipinski definition) is 0. The summed E-state index contributed by atoms with van der Waals surface area (Å²) in [4.78, 5) is 2.35. The first-order valence-corrected chi connectivity index (χ1v) is 8.27. The SMILES string of the molecule is Br/C(=C/[Se]c1ccccc1)C1=CCCCC1. The molecule has 2 rings (SSSR count). The summed E-state index contributed by atoms with van der Waals surface area (Å²) in [5, 5.41) is 0. The van der Waals surface area contributed by atoms with E-state index in [0.717, 1.165) is 0 Å². The van der Waals surface area contributed by atoms with Gasteiger partial charge in [-0.1, -0.05) is 0 Å². The Morgan fingerprint density at radius 1 is 1.19 bits per heavy atom. The number of benzene rings is 1. The van der Waals surface area contributed by atoms with E-state index in [1.807, 2.05) is 0 Å². The third kappa shape index (κ3) is 3.62. The first-order chi connectivity index (χ1) is 7.86. The average Bonchev–Trinajstić information content (AvgIpc) is 2.38. The number of halogens is 1. The molecule has 0 N–H and O–H groups in total. The van der Waals surface area contributed by atoms with Gasteiger partial charge in [-0.25, -0.2) is 0 Å². The fraction of sp³-hybridized carbons (Fsp3) is 0.286. The molecule has 16 heavy (non-hydrogen) atoms.